The van der Waals surface area contributed by atoms with Crippen molar-refractivity contribution in [1.29, 1.82) is 0 Å². The summed E-state index contributed by atoms with van der Waals surface area (Å²) in [5.74, 6) is 2.82. The second-order valence-electron chi connectivity index (χ2n) is 1.88. The van der Waals surface area contributed by atoms with Crippen molar-refractivity contribution in [1.82, 2.24) is 20.6 Å². The number of aromatic amines is 1. The van der Waals surface area contributed by atoms with Gasteiger partial charge in [-0.05, 0) is 12.2 Å². The predicted octanol–water partition coefficient (Wildman–Crippen LogP) is 0.843. The van der Waals surface area contributed by atoms with Gasteiger partial charge in [0.15, 0.2) is 5.82 Å². The lowest BCUT2D eigenvalue weighted by Crippen LogP contribution is -1.84. The summed E-state index contributed by atoms with van der Waals surface area (Å²) in [5.41, 5.74) is 0. The average Bonchev–Trinajstić information content (AvgIpc) is 2.41. The first-order valence-electron chi connectivity index (χ1n) is 3.23. The molecule has 0 saturated carbocycles. The van der Waals surface area contributed by atoms with Crippen molar-refractivity contribution in [2.45, 2.75) is 19.1 Å². The van der Waals surface area contributed by atoms with Gasteiger partial charge in [0.05, 0.1) is 5.75 Å². The molecular weight excluding hydrogens is 148 g/mol. The first-order valence-corrected chi connectivity index (χ1v) is 4.39. The lowest BCUT2D eigenvalue weighted by Gasteiger charge is -1.91. The first kappa shape index (κ1) is 7.53. The van der Waals surface area contributed by atoms with Gasteiger partial charge in [0.25, 0.3) is 0 Å². The molecule has 0 aromatic carbocycles. The molecule has 0 radical (unpaired) electrons. The zero-order valence-corrected chi connectivity index (χ0v) is 6.69. The Morgan fingerprint density at radius 3 is 3.10 bits per heavy atom. The highest BCUT2D eigenvalue weighted by atomic mass is 32.2. The van der Waals surface area contributed by atoms with Crippen LogP contribution in [-0.4, -0.2) is 26.4 Å². The molecule has 1 heterocycles. The quantitative estimate of drug-likeness (QED) is 0.660. The van der Waals surface area contributed by atoms with Crippen molar-refractivity contribution in [2.24, 2.45) is 0 Å². The van der Waals surface area contributed by atoms with Gasteiger partial charge < -0.3 is 0 Å². The highest BCUT2D eigenvalue weighted by Gasteiger charge is 1.95. The van der Waals surface area contributed by atoms with Crippen LogP contribution in [0.25, 0.3) is 0 Å². The highest BCUT2D eigenvalue weighted by Crippen LogP contribution is 2.06. The van der Waals surface area contributed by atoms with Gasteiger partial charge >= 0.3 is 0 Å². The predicted molar refractivity (Wildman–Crippen MR) is 40.6 cm³/mol. The number of thioether (sulfide) groups is 1. The molecule has 0 aliphatic carbocycles. The monoisotopic (exact) mass is 158 g/mol. The van der Waals surface area contributed by atoms with Gasteiger partial charge in [-0.3, -0.25) is 0 Å². The number of hydrogen-bond acceptors (Lipinski definition) is 4. The topological polar surface area (TPSA) is 54.5 Å². The Morgan fingerprint density at radius 2 is 2.50 bits per heavy atom. The van der Waals surface area contributed by atoms with Crippen LogP contribution in [0.5, 0.6) is 0 Å². The van der Waals surface area contributed by atoms with E-state index in [1.165, 1.54) is 6.42 Å². The third-order valence-corrected chi connectivity index (χ3v) is 2.13. The van der Waals surface area contributed by atoms with Gasteiger partial charge in [0.1, 0.15) is 0 Å². The van der Waals surface area contributed by atoms with Gasteiger partial charge in [-0.15, -0.1) is 10.2 Å². The summed E-state index contributed by atoms with van der Waals surface area (Å²) in [4.78, 5) is 0. The van der Waals surface area contributed by atoms with Crippen LogP contribution in [0.15, 0.2) is 0 Å². The number of H-pyrrole nitrogens is 1. The molecule has 0 atom stereocenters. The normalized spacial score (nSPS) is 10.1. The Bertz CT molecular complexity index is 162. The number of nitrogens with zero attached hydrogens (tertiary/aromatic N) is 3. The van der Waals surface area contributed by atoms with Crippen molar-refractivity contribution in [3.05, 3.63) is 5.82 Å². The van der Waals surface area contributed by atoms with Crippen LogP contribution in [0, 0.1) is 0 Å². The molecule has 1 aromatic rings. The number of tetrazole rings is 1. The fourth-order valence-corrected chi connectivity index (χ4v) is 1.29. The molecule has 4 nitrogen and oxygen atoms in total. The maximum absolute atomic E-state index is 3.82. The van der Waals surface area contributed by atoms with Crippen molar-refractivity contribution in [2.75, 3.05) is 5.75 Å². The van der Waals surface area contributed by atoms with Crippen molar-refractivity contribution >= 4 is 11.8 Å². The number of nitrogens with one attached hydrogen (secondary N) is 1. The van der Waals surface area contributed by atoms with E-state index >= 15 is 0 Å². The minimum absolute atomic E-state index is 0.790. The van der Waals surface area contributed by atoms with E-state index in [1.54, 1.807) is 0 Å². The van der Waals surface area contributed by atoms with Gasteiger partial charge in [0.2, 0.25) is 0 Å². The molecule has 1 aromatic heterocycles. The fraction of sp³-hybridized carbons (Fsp3) is 0.800. The SMILES string of the molecule is CCCSCc1nn[nH]n1. The Morgan fingerprint density at radius 1 is 1.60 bits per heavy atom. The minimum atomic E-state index is 0.790. The Labute approximate surface area is 63.8 Å². The van der Waals surface area contributed by atoms with E-state index in [9.17, 15) is 0 Å². The zero-order chi connectivity index (χ0) is 7.23. The van der Waals surface area contributed by atoms with E-state index in [1.807, 2.05) is 11.8 Å². The number of hydrogen-bond donors (Lipinski definition) is 1. The van der Waals surface area contributed by atoms with Gasteiger partial charge in [-0.25, -0.2) is 0 Å². The van der Waals surface area contributed by atoms with Crippen LogP contribution in [0.2, 0.25) is 0 Å². The molecule has 0 aliphatic heterocycles. The Hall–Kier alpha value is -0.580. The molecule has 0 spiro atoms. The molecular formula is C5H10N4S. The maximum Gasteiger partial charge on any atom is 0.184 e. The number of rotatable bonds is 4. The molecule has 0 aliphatic rings. The molecule has 0 amide bonds. The molecule has 0 unspecified atom stereocenters. The largest absolute Gasteiger partial charge is 0.184 e. The van der Waals surface area contributed by atoms with Crippen LogP contribution in [0.3, 0.4) is 0 Å². The highest BCUT2D eigenvalue weighted by molar-refractivity contribution is 7.98. The standard InChI is InChI=1S/C5H10N4S/c1-2-3-10-4-5-6-8-9-7-5/h2-4H2,1H3,(H,6,7,8,9). The molecule has 0 bridgehead atoms. The summed E-state index contributed by atoms with van der Waals surface area (Å²) in [6.45, 7) is 2.16. The number of aromatic nitrogens is 4. The third kappa shape index (κ3) is 2.34. The van der Waals surface area contributed by atoms with Crippen LogP contribution in [-0.2, 0) is 5.75 Å². The molecule has 1 rings (SSSR count). The van der Waals surface area contributed by atoms with Crippen molar-refractivity contribution in [3.63, 3.8) is 0 Å². The summed E-state index contributed by atoms with van der Waals surface area (Å²) in [5, 5.41) is 13.5. The minimum Gasteiger partial charge on any atom is -0.177 e. The van der Waals surface area contributed by atoms with Crippen LogP contribution in [0.1, 0.15) is 19.2 Å². The first-order chi connectivity index (χ1) is 4.93. The van der Waals surface area contributed by atoms with Crippen LogP contribution in [0.4, 0.5) is 0 Å². The molecule has 0 fully saturated rings. The summed E-state index contributed by atoms with van der Waals surface area (Å²) < 4.78 is 0. The zero-order valence-electron chi connectivity index (χ0n) is 5.87. The van der Waals surface area contributed by atoms with E-state index in [0.29, 0.717) is 0 Å². The average molecular weight is 158 g/mol. The van der Waals surface area contributed by atoms with Gasteiger partial charge in [-0.2, -0.15) is 17.0 Å². The molecule has 10 heavy (non-hydrogen) atoms. The van der Waals surface area contributed by atoms with E-state index < -0.39 is 0 Å². The lowest BCUT2D eigenvalue weighted by atomic mass is 10.6. The molecule has 56 valence electrons. The smallest absolute Gasteiger partial charge is 0.177 e. The summed E-state index contributed by atoms with van der Waals surface area (Å²) in [7, 11) is 0. The molecule has 0 saturated heterocycles. The Kier molecular flexibility index (Phi) is 3.21. The lowest BCUT2D eigenvalue weighted by molar-refractivity contribution is 0.881. The van der Waals surface area contributed by atoms with E-state index in [2.05, 4.69) is 27.5 Å². The van der Waals surface area contributed by atoms with Crippen molar-refractivity contribution < 1.29 is 0 Å². The van der Waals surface area contributed by atoms with Gasteiger partial charge in [0, 0.05) is 0 Å². The third-order valence-electron chi connectivity index (χ3n) is 0.969. The Balaban J connectivity index is 2.15. The summed E-state index contributed by atoms with van der Waals surface area (Å²) >= 11 is 1.83. The van der Waals surface area contributed by atoms with E-state index in [0.717, 1.165) is 17.3 Å². The van der Waals surface area contributed by atoms with Crippen LogP contribution >= 0.6 is 11.8 Å². The van der Waals surface area contributed by atoms with E-state index in [4.69, 9.17) is 0 Å². The van der Waals surface area contributed by atoms with Gasteiger partial charge in [-0.1, -0.05) is 12.1 Å². The second kappa shape index (κ2) is 4.27. The maximum atomic E-state index is 3.82. The van der Waals surface area contributed by atoms with Crippen molar-refractivity contribution in [3.8, 4) is 0 Å². The molecule has 1 N–H and O–H groups in total. The fourth-order valence-electron chi connectivity index (χ4n) is 0.551. The van der Waals surface area contributed by atoms with E-state index in [-0.39, 0.29) is 0 Å². The molecule has 5 heteroatoms. The van der Waals surface area contributed by atoms with Crippen LogP contribution < -0.4 is 0 Å². The second-order valence-corrected chi connectivity index (χ2v) is 2.99. The summed E-state index contributed by atoms with van der Waals surface area (Å²) in [6.07, 6.45) is 1.20. The summed E-state index contributed by atoms with van der Waals surface area (Å²) in [6, 6.07) is 0.